The second-order valence-corrected chi connectivity index (χ2v) is 4.65. The van der Waals surface area contributed by atoms with Crippen LogP contribution >= 0.6 is 11.8 Å². The van der Waals surface area contributed by atoms with Crippen molar-refractivity contribution in [1.29, 1.82) is 0 Å². The molecule has 1 aromatic heterocycles. The van der Waals surface area contributed by atoms with Crippen LogP contribution in [0, 0.1) is 0 Å². The van der Waals surface area contributed by atoms with Gasteiger partial charge in [0.05, 0.1) is 12.8 Å². The van der Waals surface area contributed by atoms with Gasteiger partial charge >= 0.3 is 6.01 Å². The third-order valence-electron chi connectivity index (χ3n) is 2.28. The Kier molecular flexibility index (Phi) is 5.06. The highest BCUT2D eigenvalue weighted by Gasteiger charge is 2.12. The number of hydrogen-bond acceptors (Lipinski definition) is 8. The lowest BCUT2D eigenvalue weighted by Crippen LogP contribution is -2.13. The molecule has 0 radical (unpaired) electrons. The average Bonchev–Trinajstić information content (AvgIpc) is 2.48. The Bertz CT molecular complexity index is 593. The van der Waals surface area contributed by atoms with Gasteiger partial charge in [-0.2, -0.15) is 23.7 Å². The first-order chi connectivity index (χ1) is 10.1. The van der Waals surface area contributed by atoms with Gasteiger partial charge in [-0.05, 0) is 12.1 Å². The molecule has 0 aliphatic rings. The molecule has 0 aliphatic heterocycles. The van der Waals surface area contributed by atoms with E-state index < -0.39 is 5.76 Å². The smallest absolute Gasteiger partial charge is 0.322 e. The molecular weight excluding hydrogens is 302 g/mol. The Labute approximate surface area is 123 Å². The first-order valence-corrected chi connectivity index (χ1v) is 6.58. The summed E-state index contributed by atoms with van der Waals surface area (Å²) in [7, 11) is 1.39. The number of nitrogens with one attached hydrogen (secondary N) is 2. The van der Waals surface area contributed by atoms with Crippen LogP contribution in [0.1, 0.15) is 0 Å². The number of rotatable bonds is 6. The molecule has 2 aromatic rings. The fourth-order valence-corrected chi connectivity index (χ4v) is 2.05. The standard InChI is InChI=1S/C11H12F2N6OS/c1-20-11-17-9(16-10(18-11)19-14)15-6-4-2-3-5-7(6)21-8(12)13/h2-5,8H,14H2,1H3,(H2,15,16,17,18,19). The van der Waals surface area contributed by atoms with E-state index in [0.29, 0.717) is 22.3 Å². The number of anilines is 3. The molecule has 0 spiro atoms. The van der Waals surface area contributed by atoms with Gasteiger partial charge < -0.3 is 10.1 Å². The third kappa shape index (κ3) is 4.13. The maximum atomic E-state index is 12.5. The number of methoxy groups -OCH3 is 1. The topological polar surface area (TPSA) is 98.0 Å². The van der Waals surface area contributed by atoms with E-state index in [1.54, 1.807) is 24.3 Å². The summed E-state index contributed by atoms with van der Waals surface area (Å²) in [6.07, 6.45) is 0. The van der Waals surface area contributed by atoms with Crippen molar-refractivity contribution in [3.8, 4) is 6.01 Å². The van der Waals surface area contributed by atoms with Gasteiger partial charge in [-0.3, -0.25) is 5.43 Å². The van der Waals surface area contributed by atoms with Gasteiger partial charge in [0, 0.05) is 4.90 Å². The van der Waals surface area contributed by atoms with Crippen molar-refractivity contribution in [2.75, 3.05) is 17.9 Å². The molecule has 1 aromatic carbocycles. The number of alkyl halides is 2. The zero-order chi connectivity index (χ0) is 15.2. The Morgan fingerprint density at radius 1 is 1.19 bits per heavy atom. The van der Waals surface area contributed by atoms with Crippen molar-refractivity contribution in [3.63, 3.8) is 0 Å². The van der Waals surface area contributed by atoms with Crippen LogP contribution in [0.25, 0.3) is 0 Å². The third-order valence-corrected chi connectivity index (χ3v) is 3.06. The molecule has 0 saturated heterocycles. The maximum absolute atomic E-state index is 12.5. The van der Waals surface area contributed by atoms with Crippen molar-refractivity contribution >= 4 is 29.3 Å². The summed E-state index contributed by atoms with van der Waals surface area (Å²) < 4.78 is 30.0. The largest absolute Gasteiger partial charge is 0.467 e. The van der Waals surface area contributed by atoms with E-state index in [2.05, 4.69) is 25.7 Å². The molecule has 10 heteroatoms. The van der Waals surface area contributed by atoms with Crippen molar-refractivity contribution in [1.82, 2.24) is 15.0 Å². The van der Waals surface area contributed by atoms with Crippen LogP contribution in [0.2, 0.25) is 0 Å². The summed E-state index contributed by atoms with van der Waals surface area (Å²) in [4.78, 5) is 12.1. The molecule has 0 aliphatic carbocycles. The number of benzene rings is 1. The number of hydrazine groups is 1. The van der Waals surface area contributed by atoms with Gasteiger partial charge in [0.1, 0.15) is 0 Å². The maximum Gasteiger partial charge on any atom is 0.322 e. The van der Waals surface area contributed by atoms with E-state index in [1.807, 2.05) is 0 Å². The second kappa shape index (κ2) is 6.99. The number of nitrogens with zero attached hydrogens (tertiary/aromatic N) is 3. The lowest BCUT2D eigenvalue weighted by molar-refractivity contribution is 0.252. The van der Waals surface area contributed by atoms with Crippen molar-refractivity contribution in [2.24, 2.45) is 5.84 Å². The highest BCUT2D eigenvalue weighted by Crippen LogP contribution is 2.32. The van der Waals surface area contributed by atoms with Gasteiger partial charge in [-0.25, -0.2) is 5.84 Å². The summed E-state index contributed by atoms with van der Waals surface area (Å²) >= 11 is 0.426. The van der Waals surface area contributed by atoms with E-state index in [-0.39, 0.29) is 17.9 Å². The predicted molar refractivity (Wildman–Crippen MR) is 75.8 cm³/mol. The number of halogens is 2. The highest BCUT2D eigenvalue weighted by atomic mass is 32.2. The van der Waals surface area contributed by atoms with Crippen molar-refractivity contribution in [3.05, 3.63) is 24.3 Å². The highest BCUT2D eigenvalue weighted by molar-refractivity contribution is 7.99. The Morgan fingerprint density at radius 2 is 1.90 bits per heavy atom. The molecule has 0 amide bonds. The Morgan fingerprint density at radius 3 is 2.57 bits per heavy atom. The van der Waals surface area contributed by atoms with E-state index in [0.717, 1.165) is 0 Å². The van der Waals surface area contributed by atoms with Gasteiger partial charge in [-0.1, -0.05) is 23.9 Å². The number of para-hydroxylation sites is 1. The summed E-state index contributed by atoms with van der Waals surface area (Å²) in [6, 6.07) is 6.62. The van der Waals surface area contributed by atoms with Crippen LogP contribution in [-0.2, 0) is 0 Å². The van der Waals surface area contributed by atoms with Crippen LogP contribution in [0.15, 0.2) is 29.2 Å². The number of ether oxygens (including phenoxy) is 1. The quantitative estimate of drug-likeness (QED) is 0.424. The van der Waals surface area contributed by atoms with Crippen LogP contribution in [-0.4, -0.2) is 27.8 Å². The van der Waals surface area contributed by atoms with Gasteiger partial charge in [-0.15, -0.1) is 0 Å². The molecular formula is C11H12F2N6OS. The first-order valence-electron chi connectivity index (χ1n) is 5.70. The molecule has 7 nitrogen and oxygen atoms in total. The number of thioether (sulfide) groups is 1. The zero-order valence-corrected chi connectivity index (χ0v) is 11.7. The zero-order valence-electron chi connectivity index (χ0n) is 10.9. The van der Waals surface area contributed by atoms with E-state index in [1.165, 1.54) is 7.11 Å². The minimum absolute atomic E-state index is 0.0412. The summed E-state index contributed by atoms with van der Waals surface area (Å²) in [5.41, 5.74) is 2.71. The molecule has 0 fully saturated rings. The Hall–Kier alpha value is -2.20. The normalized spacial score (nSPS) is 10.5. The molecule has 112 valence electrons. The monoisotopic (exact) mass is 314 g/mol. The first kappa shape index (κ1) is 15.2. The molecule has 21 heavy (non-hydrogen) atoms. The van der Waals surface area contributed by atoms with Crippen LogP contribution in [0.3, 0.4) is 0 Å². The summed E-state index contributed by atoms with van der Waals surface area (Å²) in [5.74, 6) is 2.93. The molecule has 2 rings (SSSR count). The molecule has 0 saturated carbocycles. The van der Waals surface area contributed by atoms with Gasteiger partial charge in [0.15, 0.2) is 0 Å². The van der Waals surface area contributed by atoms with Crippen molar-refractivity contribution in [2.45, 2.75) is 10.7 Å². The lowest BCUT2D eigenvalue weighted by atomic mass is 10.3. The molecule has 4 N–H and O–H groups in total. The molecule has 1 heterocycles. The van der Waals surface area contributed by atoms with Gasteiger partial charge in [0.2, 0.25) is 11.9 Å². The fraction of sp³-hybridized carbons (Fsp3) is 0.182. The second-order valence-electron chi connectivity index (χ2n) is 3.61. The van der Waals surface area contributed by atoms with Crippen LogP contribution in [0.5, 0.6) is 6.01 Å². The van der Waals surface area contributed by atoms with E-state index in [4.69, 9.17) is 10.6 Å². The molecule has 0 bridgehead atoms. The Balaban J connectivity index is 2.29. The average molecular weight is 314 g/mol. The minimum atomic E-state index is -2.53. The number of aromatic nitrogens is 3. The van der Waals surface area contributed by atoms with Gasteiger partial charge in [0.25, 0.3) is 5.76 Å². The van der Waals surface area contributed by atoms with E-state index >= 15 is 0 Å². The molecule has 0 atom stereocenters. The van der Waals surface area contributed by atoms with Crippen molar-refractivity contribution < 1.29 is 13.5 Å². The predicted octanol–water partition coefficient (Wildman–Crippen LogP) is 2.22. The number of nitrogens with two attached hydrogens (primary N) is 1. The lowest BCUT2D eigenvalue weighted by Gasteiger charge is -2.11. The summed E-state index contributed by atoms with van der Waals surface area (Å²) in [6.45, 7) is 0. The summed E-state index contributed by atoms with van der Waals surface area (Å²) in [5, 5.41) is 2.84. The van der Waals surface area contributed by atoms with Crippen LogP contribution in [0.4, 0.5) is 26.4 Å². The van der Waals surface area contributed by atoms with E-state index in [9.17, 15) is 8.78 Å². The molecule has 0 unspecified atom stereocenters. The minimum Gasteiger partial charge on any atom is -0.467 e. The van der Waals surface area contributed by atoms with Crippen LogP contribution < -0.4 is 21.3 Å². The number of nitrogen functional groups attached to an aromatic ring is 1. The fourth-order valence-electron chi connectivity index (χ4n) is 1.46. The number of hydrogen-bond donors (Lipinski definition) is 3. The SMILES string of the molecule is COc1nc(NN)nc(Nc2ccccc2SC(F)F)n1.